The number of ketones is 1. The van der Waals surface area contributed by atoms with Crippen LogP contribution in [0.25, 0.3) is 12.2 Å². The number of carbonyl (C=O) groups excluding carboxylic acids is 1. The molecule has 32 heavy (non-hydrogen) atoms. The van der Waals surface area contributed by atoms with Crippen LogP contribution in [0.5, 0.6) is 11.5 Å². The number of phenolic OH excluding ortho intramolecular Hbond substituents is 2. The molecule has 1 heterocycles. The molecule has 0 bridgehead atoms. The lowest BCUT2D eigenvalue weighted by atomic mass is 9.94. The Morgan fingerprint density at radius 1 is 0.781 bits per heavy atom. The van der Waals surface area contributed by atoms with Gasteiger partial charge in [0, 0.05) is 30.8 Å². The lowest BCUT2D eigenvalue weighted by Crippen LogP contribution is -2.37. The number of rotatable bonds is 4. The molecule has 3 aromatic rings. The SMILES string of the molecule is O=C1/C(=C/c2ccc(O)c(Br)c2)CN(Cc2ccccc2)C/C1=C\c1ccc(O)c(Br)c1. The molecule has 0 atom stereocenters. The third-order valence-electron chi connectivity index (χ3n) is 5.25. The molecule has 0 radical (unpaired) electrons. The fraction of sp³-hybridized carbons (Fsp3) is 0.115. The maximum Gasteiger partial charge on any atom is 0.187 e. The molecule has 2 N–H and O–H groups in total. The van der Waals surface area contributed by atoms with Gasteiger partial charge >= 0.3 is 0 Å². The van der Waals surface area contributed by atoms with Crippen molar-refractivity contribution in [1.82, 2.24) is 4.90 Å². The van der Waals surface area contributed by atoms with Gasteiger partial charge in [-0.25, -0.2) is 0 Å². The first-order chi connectivity index (χ1) is 15.4. The molecule has 162 valence electrons. The molecule has 1 fully saturated rings. The highest BCUT2D eigenvalue weighted by Crippen LogP contribution is 2.29. The monoisotopic (exact) mass is 553 g/mol. The summed E-state index contributed by atoms with van der Waals surface area (Å²) in [6.45, 7) is 1.78. The maximum atomic E-state index is 13.4. The van der Waals surface area contributed by atoms with Crippen molar-refractivity contribution in [2.75, 3.05) is 13.1 Å². The van der Waals surface area contributed by atoms with E-state index in [9.17, 15) is 15.0 Å². The zero-order chi connectivity index (χ0) is 22.7. The summed E-state index contributed by atoms with van der Waals surface area (Å²) >= 11 is 6.68. The van der Waals surface area contributed by atoms with Crippen LogP contribution in [0.15, 0.2) is 86.8 Å². The van der Waals surface area contributed by atoms with Crippen molar-refractivity contribution in [3.05, 3.63) is 104 Å². The lowest BCUT2D eigenvalue weighted by Gasteiger charge is -2.30. The van der Waals surface area contributed by atoms with Crippen LogP contribution in [0.2, 0.25) is 0 Å². The van der Waals surface area contributed by atoms with E-state index in [1.807, 2.05) is 30.4 Å². The fourth-order valence-electron chi connectivity index (χ4n) is 3.69. The van der Waals surface area contributed by atoms with Gasteiger partial charge in [0.05, 0.1) is 8.95 Å². The number of nitrogens with zero attached hydrogens (tertiary/aromatic N) is 1. The number of benzene rings is 3. The molecular weight excluding hydrogens is 534 g/mol. The molecule has 0 unspecified atom stereocenters. The summed E-state index contributed by atoms with van der Waals surface area (Å²) in [6, 6.07) is 20.6. The molecule has 0 spiro atoms. The zero-order valence-corrected chi connectivity index (χ0v) is 20.3. The standard InChI is InChI=1S/C26H21Br2NO3/c27-22-12-18(6-8-24(22)30)10-20-15-29(14-17-4-2-1-3-5-17)16-21(26(20)32)11-19-7-9-25(31)23(28)13-19/h1-13,30-31H,14-16H2/b20-10+,21-11+. The van der Waals surface area contributed by atoms with Crippen molar-refractivity contribution in [3.63, 3.8) is 0 Å². The van der Waals surface area contributed by atoms with Crippen molar-refractivity contribution < 1.29 is 15.0 Å². The number of Topliss-reactive ketones (excluding diaryl/α,β-unsaturated/α-hetero) is 1. The largest absolute Gasteiger partial charge is 0.507 e. The number of carbonyl (C=O) groups is 1. The van der Waals surface area contributed by atoms with E-state index < -0.39 is 0 Å². The molecule has 0 aliphatic carbocycles. The van der Waals surface area contributed by atoms with Crippen LogP contribution in [0, 0.1) is 0 Å². The lowest BCUT2D eigenvalue weighted by molar-refractivity contribution is -0.113. The predicted octanol–water partition coefficient (Wildman–Crippen LogP) is 6.17. The Morgan fingerprint density at radius 2 is 1.28 bits per heavy atom. The Kier molecular flexibility index (Phi) is 6.94. The van der Waals surface area contributed by atoms with Crippen molar-refractivity contribution in [2.45, 2.75) is 6.54 Å². The number of halogens is 2. The van der Waals surface area contributed by atoms with E-state index in [4.69, 9.17) is 0 Å². The highest BCUT2D eigenvalue weighted by Gasteiger charge is 2.26. The second kappa shape index (κ2) is 9.86. The molecule has 0 amide bonds. The van der Waals surface area contributed by atoms with Crippen LogP contribution < -0.4 is 0 Å². The minimum absolute atomic E-state index is 0.00251. The number of phenols is 2. The molecular formula is C26H21Br2NO3. The molecule has 0 aromatic heterocycles. The van der Waals surface area contributed by atoms with E-state index in [0.717, 1.165) is 17.7 Å². The first-order valence-corrected chi connectivity index (χ1v) is 11.7. The van der Waals surface area contributed by atoms with Gasteiger partial charge in [-0.05, 0) is 85.0 Å². The van der Waals surface area contributed by atoms with Gasteiger partial charge in [0.1, 0.15) is 11.5 Å². The highest BCUT2D eigenvalue weighted by atomic mass is 79.9. The highest BCUT2D eigenvalue weighted by molar-refractivity contribution is 9.10. The molecule has 1 aliphatic heterocycles. The summed E-state index contributed by atoms with van der Waals surface area (Å²) in [7, 11) is 0. The first kappa shape index (κ1) is 22.5. The second-order valence-electron chi connectivity index (χ2n) is 7.72. The summed E-state index contributed by atoms with van der Waals surface area (Å²) in [6.07, 6.45) is 3.76. The van der Waals surface area contributed by atoms with Crippen LogP contribution in [-0.2, 0) is 11.3 Å². The molecule has 1 saturated heterocycles. The van der Waals surface area contributed by atoms with Gasteiger partial charge in [0.25, 0.3) is 0 Å². The molecule has 4 rings (SSSR count). The van der Waals surface area contributed by atoms with Gasteiger partial charge in [-0.3, -0.25) is 9.69 Å². The molecule has 6 heteroatoms. The van der Waals surface area contributed by atoms with Crippen LogP contribution in [-0.4, -0.2) is 34.0 Å². The minimum Gasteiger partial charge on any atom is -0.507 e. The van der Waals surface area contributed by atoms with E-state index in [1.165, 1.54) is 5.56 Å². The van der Waals surface area contributed by atoms with E-state index in [2.05, 4.69) is 48.9 Å². The van der Waals surface area contributed by atoms with Gasteiger partial charge in [-0.15, -0.1) is 0 Å². The van der Waals surface area contributed by atoms with Crippen molar-refractivity contribution >= 4 is 49.8 Å². The van der Waals surface area contributed by atoms with Crippen LogP contribution in [0.3, 0.4) is 0 Å². The molecule has 3 aromatic carbocycles. The number of aromatic hydroxyl groups is 2. The van der Waals surface area contributed by atoms with Crippen LogP contribution in [0.4, 0.5) is 0 Å². The van der Waals surface area contributed by atoms with E-state index in [0.29, 0.717) is 33.2 Å². The quantitative estimate of drug-likeness (QED) is 0.378. The summed E-state index contributed by atoms with van der Waals surface area (Å²) in [4.78, 5) is 15.6. The Hall–Kier alpha value is -2.67. The smallest absolute Gasteiger partial charge is 0.187 e. The third kappa shape index (κ3) is 5.38. The van der Waals surface area contributed by atoms with E-state index in [-0.39, 0.29) is 17.3 Å². The predicted molar refractivity (Wildman–Crippen MR) is 134 cm³/mol. The molecule has 4 nitrogen and oxygen atoms in total. The van der Waals surface area contributed by atoms with E-state index in [1.54, 1.807) is 36.4 Å². The Balaban J connectivity index is 1.70. The third-order valence-corrected chi connectivity index (χ3v) is 6.52. The molecule has 1 aliphatic rings. The van der Waals surface area contributed by atoms with Crippen molar-refractivity contribution in [2.24, 2.45) is 0 Å². The summed E-state index contributed by atoms with van der Waals surface area (Å²) < 4.78 is 1.17. The summed E-state index contributed by atoms with van der Waals surface area (Å²) in [5.41, 5.74) is 4.24. The number of hydrogen-bond donors (Lipinski definition) is 2. The van der Waals surface area contributed by atoms with E-state index >= 15 is 0 Å². The number of piperidine rings is 1. The van der Waals surface area contributed by atoms with Crippen LogP contribution >= 0.6 is 31.9 Å². The Morgan fingerprint density at radius 3 is 1.75 bits per heavy atom. The normalized spacial score (nSPS) is 17.2. The van der Waals surface area contributed by atoms with Gasteiger partial charge in [-0.2, -0.15) is 0 Å². The first-order valence-electron chi connectivity index (χ1n) is 10.1. The van der Waals surface area contributed by atoms with Crippen molar-refractivity contribution in [3.8, 4) is 11.5 Å². The van der Waals surface area contributed by atoms with Crippen molar-refractivity contribution in [1.29, 1.82) is 0 Å². The van der Waals surface area contributed by atoms with Gasteiger partial charge in [0.15, 0.2) is 5.78 Å². The second-order valence-corrected chi connectivity index (χ2v) is 9.43. The van der Waals surface area contributed by atoms with Gasteiger partial charge in [0.2, 0.25) is 0 Å². The topological polar surface area (TPSA) is 60.8 Å². The summed E-state index contributed by atoms with van der Waals surface area (Å²) in [5.74, 6) is 0.320. The molecule has 0 saturated carbocycles. The Bertz CT molecular complexity index is 1150. The summed E-state index contributed by atoms with van der Waals surface area (Å²) in [5, 5.41) is 19.6. The minimum atomic E-state index is 0.00251. The van der Waals surface area contributed by atoms with Gasteiger partial charge < -0.3 is 10.2 Å². The fourth-order valence-corrected chi connectivity index (χ4v) is 4.48. The van der Waals surface area contributed by atoms with Gasteiger partial charge in [-0.1, -0.05) is 42.5 Å². The zero-order valence-electron chi connectivity index (χ0n) is 17.1. The average molecular weight is 555 g/mol. The Labute approximate surface area is 203 Å². The average Bonchev–Trinajstić information content (AvgIpc) is 2.77. The van der Waals surface area contributed by atoms with Crippen LogP contribution in [0.1, 0.15) is 16.7 Å². The number of hydrogen-bond acceptors (Lipinski definition) is 4. The number of likely N-dealkylation sites (tertiary alicyclic amines) is 1. The maximum absolute atomic E-state index is 13.4.